The third-order valence-electron chi connectivity index (χ3n) is 3.20. The van der Waals surface area contributed by atoms with Crippen molar-refractivity contribution in [1.29, 1.82) is 0 Å². The standard InChI is InChI=1S/C14H13NO5S/c1-2-19-14(16)12-11-8-7-9-5-3-4-6-10(9)13(11)20-21(17,18)15-12/h3-8,12,15H,2H2,1H3/t12-/m1/s1. The van der Waals surface area contributed by atoms with E-state index >= 15 is 0 Å². The molecule has 1 aliphatic rings. The quantitative estimate of drug-likeness (QED) is 0.854. The largest absolute Gasteiger partial charge is 0.465 e. The van der Waals surface area contributed by atoms with Gasteiger partial charge in [-0.25, -0.2) is 4.79 Å². The highest BCUT2D eigenvalue weighted by atomic mass is 32.2. The van der Waals surface area contributed by atoms with E-state index in [4.69, 9.17) is 8.92 Å². The van der Waals surface area contributed by atoms with Crippen LogP contribution in [0.4, 0.5) is 0 Å². The Bertz CT molecular complexity index is 815. The molecule has 21 heavy (non-hydrogen) atoms. The van der Waals surface area contributed by atoms with Crippen LogP contribution < -0.4 is 8.91 Å². The molecule has 0 spiro atoms. The summed E-state index contributed by atoms with van der Waals surface area (Å²) in [5.41, 5.74) is 0.446. The maximum Gasteiger partial charge on any atom is 0.383 e. The minimum atomic E-state index is -4.05. The molecule has 110 valence electrons. The van der Waals surface area contributed by atoms with E-state index in [9.17, 15) is 13.2 Å². The lowest BCUT2D eigenvalue weighted by Crippen LogP contribution is -2.41. The van der Waals surface area contributed by atoms with Gasteiger partial charge in [0.15, 0.2) is 11.8 Å². The predicted octanol–water partition coefficient (Wildman–Crippen LogP) is 1.67. The Morgan fingerprint density at radius 1 is 1.29 bits per heavy atom. The summed E-state index contributed by atoms with van der Waals surface area (Å²) in [6.07, 6.45) is 0. The predicted molar refractivity (Wildman–Crippen MR) is 76.0 cm³/mol. The summed E-state index contributed by atoms with van der Waals surface area (Å²) in [6, 6.07) is 9.59. The highest BCUT2D eigenvalue weighted by molar-refractivity contribution is 7.85. The van der Waals surface area contributed by atoms with Crippen molar-refractivity contribution < 1.29 is 22.1 Å². The topological polar surface area (TPSA) is 81.7 Å². The molecule has 7 heteroatoms. The number of hydrogen-bond acceptors (Lipinski definition) is 5. The molecule has 0 amide bonds. The monoisotopic (exact) mass is 307 g/mol. The number of fused-ring (bicyclic) bond motifs is 3. The van der Waals surface area contributed by atoms with Crippen LogP contribution >= 0.6 is 0 Å². The molecule has 0 radical (unpaired) electrons. The number of benzene rings is 2. The fourth-order valence-corrected chi connectivity index (χ4v) is 3.29. The van der Waals surface area contributed by atoms with Gasteiger partial charge in [-0.3, -0.25) is 0 Å². The first-order chi connectivity index (χ1) is 10.0. The van der Waals surface area contributed by atoms with Crippen molar-refractivity contribution >= 4 is 27.0 Å². The molecule has 0 aromatic heterocycles. The molecule has 0 bridgehead atoms. The average Bonchev–Trinajstić information content (AvgIpc) is 2.45. The smallest absolute Gasteiger partial charge is 0.383 e. The number of hydrogen-bond donors (Lipinski definition) is 1. The van der Waals surface area contributed by atoms with Crippen molar-refractivity contribution in [2.24, 2.45) is 0 Å². The number of rotatable bonds is 2. The Balaban J connectivity index is 2.22. The number of esters is 1. The van der Waals surface area contributed by atoms with Gasteiger partial charge in [0.25, 0.3) is 0 Å². The van der Waals surface area contributed by atoms with Crippen LogP contribution in [0.25, 0.3) is 10.8 Å². The summed E-state index contributed by atoms with van der Waals surface area (Å²) < 4.78 is 35.8. The molecule has 1 N–H and O–H groups in total. The van der Waals surface area contributed by atoms with E-state index in [0.29, 0.717) is 10.9 Å². The van der Waals surface area contributed by atoms with Gasteiger partial charge < -0.3 is 8.92 Å². The summed E-state index contributed by atoms with van der Waals surface area (Å²) in [7, 11) is -4.05. The third-order valence-corrected chi connectivity index (χ3v) is 4.11. The van der Waals surface area contributed by atoms with Crippen LogP contribution in [0, 0.1) is 0 Å². The van der Waals surface area contributed by atoms with Gasteiger partial charge in [-0.2, -0.15) is 13.1 Å². The lowest BCUT2D eigenvalue weighted by Gasteiger charge is -2.25. The Hall–Kier alpha value is -2.12. The Labute approximate surface area is 121 Å². The highest BCUT2D eigenvalue weighted by Crippen LogP contribution is 2.38. The molecular weight excluding hydrogens is 294 g/mol. The Morgan fingerprint density at radius 3 is 2.81 bits per heavy atom. The van der Waals surface area contributed by atoms with Crippen LogP contribution in [0.2, 0.25) is 0 Å². The highest BCUT2D eigenvalue weighted by Gasteiger charge is 2.37. The molecular formula is C14H13NO5S. The zero-order chi connectivity index (χ0) is 15.0. The minimum Gasteiger partial charge on any atom is -0.465 e. The van der Waals surface area contributed by atoms with Gasteiger partial charge in [-0.15, -0.1) is 0 Å². The van der Waals surface area contributed by atoms with Gasteiger partial charge in [0.2, 0.25) is 0 Å². The summed E-state index contributed by atoms with van der Waals surface area (Å²) in [4.78, 5) is 12.0. The van der Waals surface area contributed by atoms with Crippen LogP contribution in [0.5, 0.6) is 5.75 Å². The third kappa shape index (κ3) is 2.45. The van der Waals surface area contributed by atoms with Gasteiger partial charge in [-0.1, -0.05) is 36.4 Å². The van der Waals surface area contributed by atoms with Gasteiger partial charge in [0.05, 0.1) is 6.61 Å². The SMILES string of the molecule is CCOC(=O)[C@@H]1NS(=O)(=O)Oc2c1ccc1ccccc21. The van der Waals surface area contributed by atoms with E-state index in [1.807, 2.05) is 18.2 Å². The molecule has 3 rings (SSSR count). The van der Waals surface area contributed by atoms with Gasteiger partial charge >= 0.3 is 16.3 Å². The molecule has 0 saturated carbocycles. The van der Waals surface area contributed by atoms with E-state index < -0.39 is 22.3 Å². The van der Waals surface area contributed by atoms with Crippen molar-refractivity contribution in [3.63, 3.8) is 0 Å². The van der Waals surface area contributed by atoms with Crippen molar-refractivity contribution in [1.82, 2.24) is 4.72 Å². The Morgan fingerprint density at radius 2 is 2.05 bits per heavy atom. The normalized spacial score (nSPS) is 19.6. The van der Waals surface area contributed by atoms with Crippen molar-refractivity contribution in [2.45, 2.75) is 13.0 Å². The second-order valence-corrected chi connectivity index (χ2v) is 5.86. The van der Waals surface area contributed by atoms with E-state index in [-0.39, 0.29) is 12.4 Å². The summed E-state index contributed by atoms with van der Waals surface area (Å²) in [5.74, 6) is -0.481. The molecule has 6 nitrogen and oxygen atoms in total. The molecule has 2 aromatic carbocycles. The number of carbonyl (C=O) groups excluding carboxylic acids is 1. The summed E-state index contributed by atoms with van der Waals surface area (Å²) >= 11 is 0. The van der Waals surface area contributed by atoms with Crippen LogP contribution in [-0.4, -0.2) is 21.0 Å². The van der Waals surface area contributed by atoms with E-state index in [0.717, 1.165) is 5.39 Å². The second-order valence-electron chi connectivity index (χ2n) is 4.55. The fraction of sp³-hybridized carbons (Fsp3) is 0.214. The number of ether oxygens (including phenoxy) is 1. The van der Waals surface area contributed by atoms with E-state index in [1.54, 1.807) is 25.1 Å². The first-order valence-electron chi connectivity index (χ1n) is 6.42. The van der Waals surface area contributed by atoms with Gasteiger partial charge in [-0.05, 0) is 12.3 Å². The van der Waals surface area contributed by atoms with Gasteiger partial charge in [0.1, 0.15) is 0 Å². The van der Waals surface area contributed by atoms with Crippen LogP contribution in [0.15, 0.2) is 36.4 Å². The maximum atomic E-state index is 12.0. The lowest BCUT2D eigenvalue weighted by molar-refractivity contribution is -0.145. The molecule has 1 heterocycles. The van der Waals surface area contributed by atoms with E-state index in [1.165, 1.54) is 0 Å². The lowest BCUT2D eigenvalue weighted by atomic mass is 10.0. The van der Waals surface area contributed by atoms with Crippen molar-refractivity contribution in [3.05, 3.63) is 42.0 Å². The zero-order valence-corrected chi connectivity index (χ0v) is 12.0. The molecule has 0 fully saturated rings. The summed E-state index contributed by atoms with van der Waals surface area (Å²) in [5, 5.41) is 1.46. The van der Waals surface area contributed by atoms with Gasteiger partial charge in [0, 0.05) is 10.9 Å². The van der Waals surface area contributed by atoms with Crippen LogP contribution in [-0.2, 0) is 19.8 Å². The molecule has 0 aliphatic carbocycles. The second kappa shape index (κ2) is 5.01. The molecule has 2 aromatic rings. The van der Waals surface area contributed by atoms with Crippen molar-refractivity contribution in [3.8, 4) is 5.75 Å². The molecule has 0 unspecified atom stereocenters. The number of nitrogens with one attached hydrogen (secondary N) is 1. The van der Waals surface area contributed by atoms with E-state index in [2.05, 4.69) is 4.72 Å². The van der Waals surface area contributed by atoms with Crippen molar-refractivity contribution in [2.75, 3.05) is 6.61 Å². The zero-order valence-electron chi connectivity index (χ0n) is 11.2. The maximum absolute atomic E-state index is 12.0. The first-order valence-corrected chi connectivity index (χ1v) is 7.82. The van der Waals surface area contributed by atoms with Crippen LogP contribution in [0.1, 0.15) is 18.5 Å². The molecule has 0 saturated heterocycles. The Kier molecular flexibility index (Phi) is 3.30. The molecule has 1 aliphatic heterocycles. The molecule has 1 atom stereocenters. The number of carbonyl (C=O) groups is 1. The minimum absolute atomic E-state index is 0.167. The fourth-order valence-electron chi connectivity index (χ4n) is 2.32. The average molecular weight is 307 g/mol. The first kappa shape index (κ1) is 13.8. The van der Waals surface area contributed by atoms with Crippen LogP contribution in [0.3, 0.4) is 0 Å². The summed E-state index contributed by atoms with van der Waals surface area (Å²) in [6.45, 7) is 1.83.